The number of carbonyl (C=O) groups is 1. The average Bonchev–Trinajstić information content (AvgIpc) is 2.96. The van der Waals surface area contributed by atoms with E-state index < -0.39 is 10.0 Å². The molecule has 2 saturated heterocycles. The number of nitrogens with one attached hydrogen (secondary N) is 2. The molecule has 7 heteroatoms. The highest BCUT2D eigenvalue weighted by Crippen LogP contribution is 2.37. The highest BCUT2D eigenvalue weighted by Gasteiger charge is 2.38. The van der Waals surface area contributed by atoms with Gasteiger partial charge in [-0.1, -0.05) is 11.6 Å². The van der Waals surface area contributed by atoms with Crippen LogP contribution in [0, 0.1) is 12.3 Å². The van der Waals surface area contributed by atoms with Crippen LogP contribution >= 0.6 is 0 Å². The van der Waals surface area contributed by atoms with Gasteiger partial charge in [-0.25, -0.2) is 8.42 Å². The molecule has 1 aromatic rings. The van der Waals surface area contributed by atoms with Gasteiger partial charge in [-0.3, -0.25) is 9.52 Å². The number of amides is 1. The Bertz CT molecular complexity index is 729. The van der Waals surface area contributed by atoms with E-state index in [0.29, 0.717) is 16.7 Å². The molecule has 0 atom stereocenters. The third-order valence-corrected chi connectivity index (χ3v) is 5.73. The SMILES string of the molecule is Cc1ccc(NS(C)(=O)=O)c(C(=O)N2CCC3(CCNC3)CC2)c1. The van der Waals surface area contributed by atoms with Crippen molar-refractivity contribution in [3.63, 3.8) is 0 Å². The predicted octanol–water partition coefficient (Wildman–Crippen LogP) is 1.58. The summed E-state index contributed by atoms with van der Waals surface area (Å²) in [6, 6.07) is 5.23. The van der Waals surface area contributed by atoms with Gasteiger partial charge < -0.3 is 10.2 Å². The Hall–Kier alpha value is -1.60. The molecule has 3 rings (SSSR count). The molecule has 2 heterocycles. The molecule has 0 unspecified atom stereocenters. The average molecular weight is 351 g/mol. The molecule has 2 N–H and O–H groups in total. The summed E-state index contributed by atoms with van der Waals surface area (Å²) in [6.07, 6.45) is 4.29. The fraction of sp³-hybridized carbons (Fsp3) is 0.588. The summed E-state index contributed by atoms with van der Waals surface area (Å²) in [5.41, 5.74) is 2.07. The number of sulfonamides is 1. The van der Waals surface area contributed by atoms with E-state index in [1.165, 1.54) is 6.42 Å². The summed E-state index contributed by atoms with van der Waals surface area (Å²) in [5.74, 6) is -0.0920. The van der Waals surface area contributed by atoms with E-state index in [-0.39, 0.29) is 5.91 Å². The first-order chi connectivity index (χ1) is 11.3. The molecule has 0 saturated carbocycles. The first-order valence-corrected chi connectivity index (χ1v) is 10.3. The minimum atomic E-state index is -3.42. The molecule has 1 amide bonds. The number of piperidine rings is 1. The summed E-state index contributed by atoms with van der Waals surface area (Å²) in [6.45, 7) is 5.46. The largest absolute Gasteiger partial charge is 0.339 e. The molecule has 2 fully saturated rings. The highest BCUT2D eigenvalue weighted by atomic mass is 32.2. The lowest BCUT2D eigenvalue weighted by Gasteiger charge is -2.39. The van der Waals surface area contributed by atoms with Crippen LogP contribution in [-0.4, -0.2) is 51.7 Å². The number of rotatable bonds is 3. The Morgan fingerprint density at radius 2 is 1.96 bits per heavy atom. The molecule has 0 bridgehead atoms. The maximum Gasteiger partial charge on any atom is 0.255 e. The third-order valence-electron chi connectivity index (χ3n) is 5.14. The first kappa shape index (κ1) is 17.2. The Labute approximate surface area is 143 Å². The second-order valence-corrected chi connectivity index (χ2v) is 8.89. The zero-order valence-electron chi connectivity index (χ0n) is 14.3. The van der Waals surface area contributed by atoms with Crippen LogP contribution in [0.25, 0.3) is 0 Å². The number of hydrogen-bond donors (Lipinski definition) is 2. The van der Waals surface area contributed by atoms with E-state index in [2.05, 4.69) is 10.0 Å². The van der Waals surface area contributed by atoms with Crippen molar-refractivity contribution >= 4 is 21.6 Å². The summed E-state index contributed by atoms with van der Waals surface area (Å²) < 4.78 is 25.6. The van der Waals surface area contributed by atoms with E-state index in [9.17, 15) is 13.2 Å². The van der Waals surface area contributed by atoms with E-state index in [0.717, 1.165) is 50.8 Å². The fourth-order valence-electron chi connectivity index (χ4n) is 3.70. The number of hydrogen-bond acceptors (Lipinski definition) is 4. The van der Waals surface area contributed by atoms with Crippen LogP contribution in [0.15, 0.2) is 18.2 Å². The number of aryl methyl sites for hydroxylation is 1. The molecule has 2 aliphatic heterocycles. The molecular formula is C17H25N3O3S. The standard InChI is InChI=1S/C17H25N3O3S/c1-13-3-4-15(19-24(2,22)23)14(11-13)16(21)20-9-6-17(7-10-20)5-8-18-12-17/h3-4,11,18-19H,5-10,12H2,1-2H3. The summed E-state index contributed by atoms with van der Waals surface area (Å²) in [5, 5.41) is 3.42. The van der Waals surface area contributed by atoms with Gasteiger partial charge in [0.15, 0.2) is 0 Å². The van der Waals surface area contributed by atoms with E-state index >= 15 is 0 Å². The zero-order valence-corrected chi connectivity index (χ0v) is 15.1. The van der Waals surface area contributed by atoms with Crippen LogP contribution in [0.5, 0.6) is 0 Å². The van der Waals surface area contributed by atoms with Gasteiger partial charge in [-0.2, -0.15) is 0 Å². The van der Waals surface area contributed by atoms with Crippen molar-refractivity contribution in [2.24, 2.45) is 5.41 Å². The number of carbonyl (C=O) groups excluding carboxylic acids is 1. The fourth-order valence-corrected chi connectivity index (χ4v) is 4.28. The maximum absolute atomic E-state index is 12.9. The summed E-state index contributed by atoms with van der Waals surface area (Å²) >= 11 is 0. The molecule has 0 aliphatic carbocycles. The van der Waals surface area contributed by atoms with Crippen molar-refractivity contribution in [3.8, 4) is 0 Å². The van der Waals surface area contributed by atoms with Crippen molar-refractivity contribution < 1.29 is 13.2 Å². The van der Waals surface area contributed by atoms with E-state index in [1.54, 1.807) is 18.2 Å². The Kier molecular flexibility index (Phi) is 4.57. The number of anilines is 1. The lowest BCUT2D eigenvalue weighted by Crippen LogP contribution is -2.44. The van der Waals surface area contributed by atoms with Crippen LogP contribution in [0.3, 0.4) is 0 Å². The number of likely N-dealkylation sites (tertiary alicyclic amines) is 1. The van der Waals surface area contributed by atoms with E-state index in [1.807, 2.05) is 11.8 Å². The monoisotopic (exact) mass is 351 g/mol. The van der Waals surface area contributed by atoms with Crippen LogP contribution in [0.4, 0.5) is 5.69 Å². The topological polar surface area (TPSA) is 78.5 Å². The molecule has 1 spiro atoms. The molecule has 6 nitrogen and oxygen atoms in total. The molecule has 24 heavy (non-hydrogen) atoms. The minimum Gasteiger partial charge on any atom is -0.339 e. The van der Waals surface area contributed by atoms with Crippen LogP contribution in [-0.2, 0) is 10.0 Å². The van der Waals surface area contributed by atoms with Crippen LogP contribution in [0.2, 0.25) is 0 Å². The maximum atomic E-state index is 12.9. The quantitative estimate of drug-likeness (QED) is 0.867. The minimum absolute atomic E-state index is 0.0920. The second kappa shape index (κ2) is 6.37. The smallest absolute Gasteiger partial charge is 0.255 e. The number of benzene rings is 1. The highest BCUT2D eigenvalue weighted by molar-refractivity contribution is 7.92. The molecule has 0 radical (unpaired) electrons. The van der Waals surface area contributed by atoms with Gasteiger partial charge in [-0.15, -0.1) is 0 Å². The Morgan fingerprint density at radius 3 is 2.54 bits per heavy atom. The lowest BCUT2D eigenvalue weighted by molar-refractivity contribution is 0.0608. The van der Waals surface area contributed by atoms with Crippen molar-refractivity contribution in [1.82, 2.24) is 10.2 Å². The van der Waals surface area contributed by atoms with Gasteiger partial charge in [0.1, 0.15) is 0 Å². The summed E-state index contributed by atoms with van der Waals surface area (Å²) in [7, 11) is -3.42. The van der Waals surface area contributed by atoms with Gasteiger partial charge in [0, 0.05) is 19.6 Å². The normalized spacial score (nSPS) is 20.3. The third kappa shape index (κ3) is 3.72. The van der Waals surface area contributed by atoms with Gasteiger partial charge in [0.2, 0.25) is 10.0 Å². The van der Waals surface area contributed by atoms with Gasteiger partial charge in [0.05, 0.1) is 17.5 Å². The molecular weight excluding hydrogens is 326 g/mol. The Balaban J connectivity index is 1.78. The van der Waals surface area contributed by atoms with Crippen molar-refractivity contribution in [1.29, 1.82) is 0 Å². The lowest BCUT2D eigenvalue weighted by atomic mass is 9.77. The van der Waals surface area contributed by atoms with Gasteiger partial charge in [0.25, 0.3) is 5.91 Å². The second-order valence-electron chi connectivity index (χ2n) is 7.14. The van der Waals surface area contributed by atoms with Crippen molar-refractivity contribution in [3.05, 3.63) is 29.3 Å². The molecule has 1 aromatic carbocycles. The van der Waals surface area contributed by atoms with Crippen LogP contribution < -0.4 is 10.0 Å². The van der Waals surface area contributed by atoms with Crippen molar-refractivity contribution in [2.45, 2.75) is 26.2 Å². The predicted molar refractivity (Wildman–Crippen MR) is 94.7 cm³/mol. The van der Waals surface area contributed by atoms with Gasteiger partial charge in [-0.05, 0) is 50.3 Å². The van der Waals surface area contributed by atoms with Gasteiger partial charge >= 0.3 is 0 Å². The Morgan fingerprint density at radius 1 is 1.25 bits per heavy atom. The molecule has 2 aliphatic rings. The summed E-state index contributed by atoms with van der Waals surface area (Å²) in [4.78, 5) is 14.8. The molecule has 0 aromatic heterocycles. The zero-order chi connectivity index (χ0) is 17.4. The van der Waals surface area contributed by atoms with E-state index in [4.69, 9.17) is 0 Å². The molecule has 132 valence electrons. The van der Waals surface area contributed by atoms with Crippen LogP contribution in [0.1, 0.15) is 35.2 Å². The number of nitrogens with zero attached hydrogens (tertiary/aromatic N) is 1. The van der Waals surface area contributed by atoms with Crippen molar-refractivity contribution in [2.75, 3.05) is 37.2 Å². The first-order valence-electron chi connectivity index (χ1n) is 8.37.